The van der Waals surface area contributed by atoms with Crippen molar-refractivity contribution in [1.82, 2.24) is 14.9 Å². The summed E-state index contributed by atoms with van der Waals surface area (Å²) in [5.41, 5.74) is 2.70. The van der Waals surface area contributed by atoms with Gasteiger partial charge in [0.1, 0.15) is 16.9 Å². The number of nitrogens with zero attached hydrogens (tertiary/aromatic N) is 3. The molecule has 152 valence electrons. The van der Waals surface area contributed by atoms with Gasteiger partial charge in [0.15, 0.2) is 5.75 Å². The van der Waals surface area contributed by atoms with E-state index in [-0.39, 0.29) is 12.1 Å². The van der Waals surface area contributed by atoms with E-state index in [1.807, 2.05) is 32.0 Å². The Morgan fingerprint density at radius 1 is 1.07 bits per heavy atom. The van der Waals surface area contributed by atoms with E-state index in [1.165, 1.54) is 0 Å². The molecule has 1 aliphatic heterocycles. The molecule has 3 heterocycles. The summed E-state index contributed by atoms with van der Waals surface area (Å²) in [7, 11) is 3.22. The zero-order valence-corrected chi connectivity index (χ0v) is 17.9. The van der Waals surface area contributed by atoms with Gasteiger partial charge in [-0.1, -0.05) is 11.6 Å². The molecule has 0 aromatic carbocycles. The van der Waals surface area contributed by atoms with Crippen molar-refractivity contribution in [1.29, 1.82) is 0 Å². The fourth-order valence-corrected chi connectivity index (χ4v) is 3.73. The molecule has 28 heavy (non-hydrogen) atoms. The van der Waals surface area contributed by atoms with Crippen LogP contribution in [0.4, 0.5) is 0 Å². The molecule has 1 aliphatic rings. The molecular weight excluding hydrogens is 378 g/mol. The fraction of sp³-hybridized carbons (Fsp3) is 0.524. The molecule has 1 saturated heterocycles. The van der Waals surface area contributed by atoms with Gasteiger partial charge in [-0.05, 0) is 45.7 Å². The van der Waals surface area contributed by atoms with Gasteiger partial charge in [0, 0.05) is 30.9 Å². The standard InChI is InChI=1S/C21H28ClN3O3/c1-13-12-19(20(22)14(2)23-13)28-16-8-10-25(11-9-16)15(3)17-6-7-18(26-4)21(24-17)27-5/h6-7,12,15-16H,8-11H2,1-5H3. The normalized spacial score (nSPS) is 16.6. The topological polar surface area (TPSA) is 56.7 Å². The lowest BCUT2D eigenvalue weighted by molar-refractivity contribution is 0.0784. The van der Waals surface area contributed by atoms with Crippen LogP contribution in [0.25, 0.3) is 0 Å². The first kappa shape index (κ1) is 20.7. The van der Waals surface area contributed by atoms with E-state index in [0.29, 0.717) is 16.7 Å². The van der Waals surface area contributed by atoms with Crippen LogP contribution in [0.2, 0.25) is 5.02 Å². The molecule has 0 saturated carbocycles. The Morgan fingerprint density at radius 3 is 2.43 bits per heavy atom. The highest BCUT2D eigenvalue weighted by Gasteiger charge is 2.26. The second-order valence-corrected chi connectivity index (χ2v) is 7.52. The zero-order chi connectivity index (χ0) is 20.3. The zero-order valence-electron chi connectivity index (χ0n) is 17.2. The van der Waals surface area contributed by atoms with Crippen molar-refractivity contribution in [2.75, 3.05) is 27.3 Å². The summed E-state index contributed by atoms with van der Waals surface area (Å²) in [6, 6.07) is 6.01. The van der Waals surface area contributed by atoms with E-state index < -0.39 is 0 Å². The summed E-state index contributed by atoms with van der Waals surface area (Å²) in [6.07, 6.45) is 2.03. The lowest BCUT2D eigenvalue weighted by atomic mass is 10.0. The van der Waals surface area contributed by atoms with E-state index in [0.717, 1.165) is 48.8 Å². The minimum atomic E-state index is 0.153. The van der Waals surface area contributed by atoms with Gasteiger partial charge in [0.2, 0.25) is 0 Å². The summed E-state index contributed by atoms with van der Waals surface area (Å²) in [4.78, 5) is 11.4. The Kier molecular flexibility index (Phi) is 6.62. The van der Waals surface area contributed by atoms with Crippen LogP contribution in [0.5, 0.6) is 17.4 Å². The van der Waals surface area contributed by atoms with Crippen LogP contribution < -0.4 is 14.2 Å². The largest absolute Gasteiger partial charge is 0.491 e. The van der Waals surface area contributed by atoms with Crippen molar-refractivity contribution >= 4 is 11.6 Å². The van der Waals surface area contributed by atoms with E-state index in [2.05, 4.69) is 21.8 Å². The van der Waals surface area contributed by atoms with Crippen LogP contribution >= 0.6 is 11.6 Å². The number of methoxy groups -OCH3 is 2. The molecule has 0 spiro atoms. The summed E-state index contributed by atoms with van der Waals surface area (Å²) in [5, 5.41) is 0.607. The van der Waals surface area contributed by atoms with Crippen molar-refractivity contribution in [3.05, 3.63) is 40.3 Å². The van der Waals surface area contributed by atoms with Gasteiger partial charge in [-0.2, -0.15) is 0 Å². The summed E-state index contributed by atoms with van der Waals surface area (Å²) in [5.74, 6) is 1.90. The first-order valence-electron chi connectivity index (χ1n) is 9.56. The fourth-order valence-electron chi connectivity index (χ4n) is 3.59. The number of hydrogen-bond acceptors (Lipinski definition) is 6. The Hall–Kier alpha value is -2.05. The van der Waals surface area contributed by atoms with Gasteiger partial charge in [-0.15, -0.1) is 0 Å². The number of piperidine rings is 1. The number of rotatable bonds is 6. The number of aryl methyl sites for hydroxylation is 2. The predicted molar refractivity (Wildman–Crippen MR) is 110 cm³/mol. The smallest absolute Gasteiger partial charge is 0.257 e. The minimum Gasteiger partial charge on any atom is -0.491 e. The Bertz CT molecular complexity index is 823. The average molecular weight is 406 g/mol. The highest BCUT2D eigenvalue weighted by Crippen LogP contribution is 2.32. The number of halogens is 1. The maximum absolute atomic E-state index is 6.37. The molecule has 0 N–H and O–H groups in total. The number of hydrogen-bond donors (Lipinski definition) is 0. The van der Waals surface area contributed by atoms with Gasteiger partial charge in [-0.25, -0.2) is 4.98 Å². The lowest BCUT2D eigenvalue weighted by Crippen LogP contribution is -2.39. The lowest BCUT2D eigenvalue weighted by Gasteiger charge is -2.36. The molecule has 1 unspecified atom stereocenters. The first-order chi connectivity index (χ1) is 13.4. The van der Waals surface area contributed by atoms with E-state index in [9.17, 15) is 0 Å². The molecular formula is C21H28ClN3O3. The Labute approximate surface area is 171 Å². The molecule has 0 bridgehead atoms. The van der Waals surface area contributed by atoms with Gasteiger partial charge in [0.25, 0.3) is 5.88 Å². The van der Waals surface area contributed by atoms with E-state index in [4.69, 9.17) is 25.8 Å². The third-order valence-corrected chi connectivity index (χ3v) is 5.68. The van der Waals surface area contributed by atoms with Crippen molar-refractivity contribution in [3.63, 3.8) is 0 Å². The van der Waals surface area contributed by atoms with Crippen molar-refractivity contribution in [3.8, 4) is 17.4 Å². The monoisotopic (exact) mass is 405 g/mol. The van der Waals surface area contributed by atoms with Crippen molar-refractivity contribution < 1.29 is 14.2 Å². The summed E-state index contributed by atoms with van der Waals surface area (Å²) < 4.78 is 16.8. The molecule has 0 radical (unpaired) electrons. The predicted octanol–water partition coefficient (Wildman–Crippen LogP) is 4.37. The summed E-state index contributed by atoms with van der Waals surface area (Å²) >= 11 is 6.37. The van der Waals surface area contributed by atoms with Crippen LogP contribution in [0.1, 0.15) is 42.9 Å². The highest BCUT2D eigenvalue weighted by atomic mass is 35.5. The third-order valence-electron chi connectivity index (χ3n) is 5.22. The van der Waals surface area contributed by atoms with Crippen molar-refractivity contribution in [2.45, 2.75) is 45.8 Å². The highest BCUT2D eigenvalue weighted by molar-refractivity contribution is 6.32. The van der Waals surface area contributed by atoms with E-state index in [1.54, 1.807) is 14.2 Å². The number of pyridine rings is 2. The number of aromatic nitrogens is 2. The molecule has 3 rings (SSSR count). The second kappa shape index (κ2) is 8.97. The minimum absolute atomic E-state index is 0.153. The van der Waals surface area contributed by atoms with Gasteiger partial charge >= 0.3 is 0 Å². The van der Waals surface area contributed by atoms with Crippen LogP contribution in [0.15, 0.2) is 18.2 Å². The molecule has 0 amide bonds. The maximum Gasteiger partial charge on any atom is 0.257 e. The van der Waals surface area contributed by atoms with Gasteiger partial charge in [0.05, 0.1) is 25.6 Å². The SMILES string of the molecule is COc1ccc(C(C)N2CCC(Oc3cc(C)nc(C)c3Cl)CC2)nc1OC. The van der Waals surface area contributed by atoms with Crippen LogP contribution in [0, 0.1) is 13.8 Å². The van der Waals surface area contributed by atoms with E-state index >= 15 is 0 Å². The molecule has 2 aromatic rings. The molecule has 7 heteroatoms. The first-order valence-corrected chi connectivity index (χ1v) is 9.94. The number of ether oxygens (including phenoxy) is 3. The van der Waals surface area contributed by atoms with Gasteiger partial charge in [-0.3, -0.25) is 9.88 Å². The number of likely N-dealkylation sites (tertiary alicyclic amines) is 1. The third kappa shape index (κ3) is 4.50. The molecule has 1 atom stereocenters. The quantitative estimate of drug-likeness (QED) is 0.711. The second-order valence-electron chi connectivity index (χ2n) is 7.14. The Balaban J connectivity index is 1.62. The average Bonchev–Trinajstić information content (AvgIpc) is 2.71. The molecule has 0 aliphatic carbocycles. The van der Waals surface area contributed by atoms with Crippen LogP contribution in [0.3, 0.4) is 0 Å². The molecule has 1 fully saturated rings. The molecule has 2 aromatic heterocycles. The van der Waals surface area contributed by atoms with Crippen LogP contribution in [-0.2, 0) is 0 Å². The maximum atomic E-state index is 6.37. The Morgan fingerprint density at radius 2 is 1.79 bits per heavy atom. The van der Waals surface area contributed by atoms with Gasteiger partial charge < -0.3 is 14.2 Å². The van der Waals surface area contributed by atoms with Crippen molar-refractivity contribution in [2.24, 2.45) is 0 Å². The summed E-state index contributed by atoms with van der Waals surface area (Å²) in [6.45, 7) is 7.89. The molecule has 6 nitrogen and oxygen atoms in total. The van der Waals surface area contributed by atoms with Crippen LogP contribution in [-0.4, -0.2) is 48.3 Å².